The Hall–Kier alpha value is -1.89. The molecule has 1 saturated heterocycles. The molecule has 1 heterocycles. The summed E-state index contributed by atoms with van der Waals surface area (Å²) >= 11 is 5.86. The van der Waals surface area contributed by atoms with Gasteiger partial charge in [0.25, 0.3) is 0 Å². The first-order valence-corrected chi connectivity index (χ1v) is 10.4. The van der Waals surface area contributed by atoms with Gasteiger partial charge in [-0.1, -0.05) is 41.9 Å². The van der Waals surface area contributed by atoms with Gasteiger partial charge in [-0.05, 0) is 36.2 Å². The van der Waals surface area contributed by atoms with Crippen molar-refractivity contribution < 1.29 is 13.2 Å². The quantitative estimate of drug-likeness (QED) is 0.786. The van der Waals surface area contributed by atoms with Crippen molar-refractivity contribution in [1.29, 1.82) is 0 Å². The Labute approximate surface area is 159 Å². The van der Waals surface area contributed by atoms with E-state index in [1.807, 2.05) is 24.3 Å². The summed E-state index contributed by atoms with van der Waals surface area (Å²) < 4.78 is 26.7. The number of piperazine rings is 1. The molecule has 26 heavy (non-hydrogen) atoms. The molecule has 0 radical (unpaired) electrons. The summed E-state index contributed by atoms with van der Waals surface area (Å²) in [5, 5.41) is 0.677. The lowest BCUT2D eigenvalue weighted by molar-refractivity contribution is -0.132. The van der Waals surface area contributed by atoms with Crippen LogP contribution in [0.2, 0.25) is 5.02 Å². The summed E-state index contributed by atoms with van der Waals surface area (Å²) in [5.41, 5.74) is 1.06. The molecule has 1 aliphatic rings. The molecule has 138 valence electrons. The van der Waals surface area contributed by atoms with Crippen molar-refractivity contribution in [3.05, 3.63) is 65.2 Å². The summed E-state index contributed by atoms with van der Waals surface area (Å²) in [7, 11) is -3.49. The first-order valence-electron chi connectivity index (χ1n) is 8.54. The summed E-state index contributed by atoms with van der Waals surface area (Å²) in [6, 6.07) is 15.9. The van der Waals surface area contributed by atoms with Crippen LogP contribution in [0.15, 0.2) is 59.5 Å². The van der Waals surface area contributed by atoms with Gasteiger partial charge in [0.2, 0.25) is 15.9 Å². The second-order valence-corrected chi connectivity index (χ2v) is 8.60. The summed E-state index contributed by atoms with van der Waals surface area (Å²) in [4.78, 5) is 14.4. The minimum atomic E-state index is -3.49. The molecule has 0 bridgehead atoms. The fraction of sp³-hybridized carbons (Fsp3) is 0.316. The van der Waals surface area contributed by atoms with E-state index in [1.54, 1.807) is 35.2 Å². The van der Waals surface area contributed by atoms with E-state index in [2.05, 4.69) is 0 Å². The highest BCUT2D eigenvalue weighted by atomic mass is 35.5. The van der Waals surface area contributed by atoms with E-state index in [-0.39, 0.29) is 5.91 Å². The lowest BCUT2D eigenvalue weighted by Crippen LogP contribution is -2.50. The highest BCUT2D eigenvalue weighted by Crippen LogP contribution is 2.18. The monoisotopic (exact) mass is 392 g/mol. The van der Waals surface area contributed by atoms with Crippen LogP contribution in [0.5, 0.6) is 0 Å². The molecular formula is C19H21ClN2O3S. The third kappa shape index (κ3) is 4.44. The van der Waals surface area contributed by atoms with Crippen LogP contribution in [0.25, 0.3) is 0 Å². The van der Waals surface area contributed by atoms with E-state index in [4.69, 9.17) is 11.6 Å². The Morgan fingerprint density at radius 3 is 2.15 bits per heavy atom. The normalized spacial score (nSPS) is 15.8. The average Bonchev–Trinajstić information content (AvgIpc) is 2.68. The largest absolute Gasteiger partial charge is 0.340 e. The van der Waals surface area contributed by atoms with Gasteiger partial charge in [-0.25, -0.2) is 8.42 Å². The summed E-state index contributed by atoms with van der Waals surface area (Å²) in [6.07, 6.45) is 1.06. The summed E-state index contributed by atoms with van der Waals surface area (Å²) in [5.74, 6) is 0.0525. The van der Waals surface area contributed by atoms with Gasteiger partial charge in [0.15, 0.2) is 0 Å². The smallest absolute Gasteiger partial charge is 0.243 e. The highest BCUT2D eigenvalue weighted by molar-refractivity contribution is 7.89. The maximum absolute atomic E-state index is 12.6. The predicted octanol–water partition coefficient (Wildman–Crippen LogP) is 2.81. The number of sulfonamides is 1. The Morgan fingerprint density at radius 1 is 0.923 bits per heavy atom. The zero-order chi connectivity index (χ0) is 18.6. The molecule has 0 N–H and O–H groups in total. The number of halogens is 1. The SMILES string of the molecule is O=C(CCc1ccc(Cl)cc1)N1CCN(S(=O)(=O)c2ccccc2)CC1. The number of aryl methyl sites for hydroxylation is 1. The minimum Gasteiger partial charge on any atom is -0.340 e. The fourth-order valence-corrected chi connectivity index (χ4v) is 4.55. The van der Waals surface area contributed by atoms with Crippen molar-refractivity contribution in [3.8, 4) is 0 Å². The molecule has 0 saturated carbocycles. The van der Waals surface area contributed by atoms with Gasteiger partial charge in [-0.3, -0.25) is 4.79 Å². The van der Waals surface area contributed by atoms with E-state index in [0.717, 1.165) is 5.56 Å². The average molecular weight is 393 g/mol. The third-order valence-corrected chi connectivity index (χ3v) is 6.68. The van der Waals surface area contributed by atoms with Crippen molar-refractivity contribution in [1.82, 2.24) is 9.21 Å². The number of benzene rings is 2. The van der Waals surface area contributed by atoms with Crippen LogP contribution >= 0.6 is 11.6 Å². The Bertz CT molecular complexity index is 846. The van der Waals surface area contributed by atoms with Gasteiger partial charge in [0.1, 0.15) is 0 Å². The van der Waals surface area contributed by atoms with Crippen molar-refractivity contribution in [2.75, 3.05) is 26.2 Å². The standard InChI is InChI=1S/C19H21ClN2O3S/c20-17-9-6-16(7-10-17)8-11-19(23)21-12-14-22(15-13-21)26(24,25)18-4-2-1-3-5-18/h1-7,9-10H,8,11-15H2. The molecule has 7 heteroatoms. The van der Waals surface area contributed by atoms with E-state index < -0.39 is 10.0 Å². The Kier molecular flexibility index (Phi) is 5.96. The number of nitrogens with zero attached hydrogens (tertiary/aromatic N) is 2. The van der Waals surface area contributed by atoms with Gasteiger partial charge in [-0.15, -0.1) is 0 Å². The first kappa shape index (κ1) is 18.9. The number of carbonyl (C=O) groups is 1. The molecule has 0 unspecified atom stereocenters. The van der Waals surface area contributed by atoms with E-state index in [1.165, 1.54) is 4.31 Å². The third-order valence-electron chi connectivity index (χ3n) is 4.51. The van der Waals surface area contributed by atoms with E-state index in [9.17, 15) is 13.2 Å². The molecule has 5 nitrogen and oxygen atoms in total. The molecule has 0 aliphatic carbocycles. The molecule has 0 aromatic heterocycles. The number of rotatable bonds is 5. The van der Waals surface area contributed by atoms with Crippen LogP contribution in [0.1, 0.15) is 12.0 Å². The molecule has 1 aliphatic heterocycles. The number of amides is 1. The van der Waals surface area contributed by atoms with E-state index >= 15 is 0 Å². The van der Waals surface area contributed by atoms with Gasteiger partial charge < -0.3 is 4.90 Å². The molecule has 2 aromatic carbocycles. The van der Waals surface area contributed by atoms with Gasteiger partial charge >= 0.3 is 0 Å². The fourth-order valence-electron chi connectivity index (χ4n) is 2.98. The van der Waals surface area contributed by atoms with Crippen LogP contribution in [0.3, 0.4) is 0 Å². The van der Waals surface area contributed by atoms with Crippen molar-refractivity contribution in [2.24, 2.45) is 0 Å². The van der Waals surface area contributed by atoms with Crippen molar-refractivity contribution in [3.63, 3.8) is 0 Å². The summed E-state index contributed by atoms with van der Waals surface area (Å²) in [6.45, 7) is 1.49. The van der Waals surface area contributed by atoms with Crippen LogP contribution in [-0.2, 0) is 21.2 Å². The zero-order valence-electron chi connectivity index (χ0n) is 14.3. The molecule has 1 amide bonds. The van der Waals surface area contributed by atoms with E-state index in [0.29, 0.717) is 48.9 Å². The Balaban J connectivity index is 1.53. The Morgan fingerprint density at radius 2 is 1.54 bits per heavy atom. The lowest BCUT2D eigenvalue weighted by Gasteiger charge is -2.34. The maximum Gasteiger partial charge on any atom is 0.243 e. The molecular weight excluding hydrogens is 372 g/mol. The van der Waals surface area contributed by atoms with Gasteiger partial charge in [0, 0.05) is 37.6 Å². The van der Waals surface area contributed by atoms with Crippen LogP contribution < -0.4 is 0 Å². The minimum absolute atomic E-state index is 0.0525. The lowest BCUT2D eigenvalue weighted by atomic mass is 10.1. The predicted molar refractivity (Wildman–Crippen MR) is 102 cm³/mol. The van der Waals surface area contributed by atoms with Gasteiger partial charge in [-0.2, -0.15) is 4.31 Å². The first-order chi connectivity index (χ1) is 12.5. The van der Waals surface area contributed by atoms with Crippen molar-refractivity contribution >= 4 is 27.5 Å². The van der Waals surface area contributed by atoms with Crippen LogP contribution in [0, 0.1) is 0 Å². The highest BCUT2D eigenvalue weighted by Gasteiger charge is 2.29. The number of carbonyl (C=O) groups excluding carboxylic acids is 1. The molecule has 3 rings (SSSR count). The van der Waals surface area contributed by atoms with Crippen LogP contribution in [-0.4, -0.2) is 49.7 Å². The zero-order valence-corrected chi connectivity index (χ0v) is 15.9. The van der Waals surface area contributed by atoms with Crippen molar-refractivity contribution in [2.45, 2.75) is 17.7 Å². The number of hydrogen-bond acceptors (Lipinski definition) is 3. The van der Waals surface area contributed by atoms with Gasteiger partial charge in [0.05, 0.1) is 4.90 Å². The van der Waals surface area contributed by atoms with Crippen LogP contribution in [0.4, 0.5) is 0 Å². The number of hydrogen-bond donors (Lipinski definition) is 0. The topological polar surface area (TPSA) is 57.7 Å². The molecule has 2 aromatic rings. The second-order valence-electron chi connectivity index (χ2n) is 6.22. The molecule has 0 spiro atoms. The second kappa shape index (κ2) is 8.20. The molecule has 0 atom stereocenters. The molecule has 1 fully saturated rings. The maximum atomic E-state index is 12.6.